The SMILES string of the molecule is COCc1c(C(=O)NC2CCOc3ccccc32)sc2cccc(F)c12. The third kappa shape index (κ3) is 2.95. The molecule has 26 heavy (non-hydrogen) atoms. The van der Waals surface area contributed by atoms with Gasteiger partial charge in [0.05, 0.1) is 24.1 Å². The Bertz CT molecular complexity index is 969. The van der Waals surface area contributed by atoms with E-state index in [4.69, 9.17) is 9.47 Å². The van der Waals surface area contributed by atoms with Crippen LogP contribution in [0.25, 0.3) is 10.1 Å². The van der Waals surface area contributed by atoms with Crippen LogP contribution in [0.15, 0.2) is 42.5 Å². The fourth-order valence-electron chi connectivity index (χ4n) is 3.35. The zero-order chi connectivity index (χ0) is 18.1. The van der Waals surface area contributed by atoms with Gasteiger partial charge >= 0.3 is 0 Å². The molecule has 1 aliphatic rings. The van der Waals surface area contributed by atoms with Crippen LogP contribution in [0.3, 0.4) is 0 Å². The van der Waals surface area contributed by atoms with Crippen molar-refractivity contribution in [2.45, 2.75) is 19.1 Å². The number of carbonyl (C=O) groups excluding carboxylic acids is 1. The molecule has 4 nitrogen and oxygen atoms in total. The number of nitrogens with one attached hydrogen (secondary N) is 1. The number of ether oxygens (including phenoxy) is 2. The molecule has 134 valence electrons. The van der Waals surface area contributed by atoms with E-state index in [0.29, 0.717) is 28.9 Å². The highest BCUT2D eigenvalue weighted by Crippen LogP contribution is 2.36. The largest absolute Gasteiger partial charge is 0.493 e. The number of halogens is 1. The molecular formula is C20H18FNO3S. The molecule has 0 spiro atoms. The molecule has 0 saturated heterocycles. The molecule has 6 heteroatoms. The summed E-state index contributed by atoms with van der Waals surface area (Å²) in [6, 6.07) is 12.5. The predicted octanol–water partition coefficient (Wildman–Crippen LogP) is 4.44. The lowest BCUT2D eigenvalue weighted by Crippen LogP contribution is -2.32. The van der Waals surface area contributed by atoms with Gasteiger partial charge in [-0.15, -0.1) is 11.3 Å². The molecule has 1 N–H and O–H groups in total. The molecule has 0 fully saturated rings. The van der Waals surface area contributed by atoms with Crippen molar-refractivity contribution in [1.82, 2.24) is 5.32 Å². The summed E-state index contributed by atoms with van der Waals surface area (Å²) < 4.78 is 25.9. The minimum Gasteiger partial charge on any atom is -0.493 e. The van der Waals surface area contributed by atoms with Crippen LogP contribution < -0.4 is 10.1 Å². The third-order valence-corrected chi connectivity index (χ3v) is 5.72. The highest BCUT2D eigenvalue weighted by molar-refractivity contribution is 7.21. The second kappa shape index (κ2) is 7.05. The predicted molar refractivity (Wildman–Crippen MR) is 99.3 cm³/mol. The molecule has 1 atom stereocenters. The van der Waals surface area contributed by atoms with Crippen molar-refractivity contribution in [2.75, 3.05) is 13.7 Å². The minimum absolute atomic E-state index is 0.127. The molecular weight excluding hydrogens is 353 g/mol. The summed E-state index contributed by atoms with van der Waals surface area (Å²) in [5.74, 6) is 0.254. The highest BCUT2D eigenvalue weighted by atomic mass is 32.1. The second-order valence-electron chi connectivity index (χ2n) is 6.16. The lowest BCUT2D eigenvalue weighted by molar-refractivity contribution is 0.0924. The number of hydrogen-bond acceptors (Lipinski definition) is 4. The molecule has 0 saturated carbocycles. The fourth-order valence-corrected chi connectivity index (χ4v) is 4.47. The first kappa shape index (κ1) is 17.0. The van der Waals surface area contributed by atoms with Gasteiger partial charge in [-0.1, -0.05) is 24.3 Å². The lowest BCUT2D eigenvalue weighted by atomic mass is 10.0. The molecule has 1 aromatic heterocycles. The smallest absolute Gasteiger partial charge is 0.262 e. The van der Waals surface area contributed by atoms with Crippen molar-refractivity contribution in [3.05, 3.63) is 64.3 Å². The average Bonchev–Trinajstić information content (AvgIpc) is 3.02. The third-order valence-electron chi connectivity index (χ3n) is 4.52. The van der Waals surface area contributed by atoms with E-state index in [1.807, 2.05) is 30.3 Å². The van der Waals surface area contributed by atoms with Crippen molar-refractivity contribution >= 4 is 27.3 Å². The second-order valence-corrected chi connectivity index (χ2v) is 7.21. The molecule has 4 rings (SSSR count). The fraction of sp³-hybridized carbons (Fsp3) is 0.250. The summed E-state index contributed by atoms with van der Waals surface area (Å²) in [5.41, 5.74) is 1.57. The summed E-state index contributed by atoms with van der Waals surface area (Å²) >= 11 is 1.29. The van der Waals surface area contributed by atoms with Crippen molar-refractivity contribution in [2.24, 2.45) is 0 Å². The van der Waals surface area contributed by atoms with Gasteiger partial charge in [0.1, 0.15) is 11.6 Å². The van der Waals surface area contributed by atoms with Gasteiger partial charge < -0.3 is 14.8 Å². The van der Waals surface area contributed by atoms with Crippen LogP contribution in [-0.2, 0) is 11.3 Å². The number of carbonyl (C=O) groups is 1. The van der Waals surface area contributed by atoms with Gasteiger partial charge in [-0.25, -0.2) is 4.39 Å². The molecule has 0 bridgehead atoms. The molecule has 0 radical (unpaired) electrons. The summed E-state index contributed by atoms with van der Waals surface area (Å²) in [6.07, 6.45) is 0.696. The number of hydrogen-bond donors (Lipinski definition) is 1. The number of para-hydroxylation sites is 1. The molecule has 3 aromatic rings. The van der Waals surface area contributed by atoms with Crippen LogP contribution in [0.1, 0.15) is 33.3 Å². The Morgan fingerprint density at radius 3 is 3.00 bits per heavy atom. The minimum atomic E-state index is -0.332. The highest BCUT2D eigenvalue weighted by Gasteiger charge is 2.26. The number of benzene rings is 2. The van der Waals surface area contributed by atoms with E-state index >= 15 is 0 Å². The quantitative estimate of drug-likeness (QED) is 0.738. The summed E-state index contributed by atoms with van der Waals surface area (Å²) in [6.45, 7) is 0.738. The number of amides is 1. The standard InChI is InChI=1S/C20H18FNO3S/c1-24-11-13-18-14(21)6-4-8-17(18)26-19(13)20(23)22-15-9-10-25-16-7-3-2-5-12(15)16/h2-8,15H,9-11H2,1H3,(H,22,23). The molecule has 2 aromatic carbocycles. The van der Waals surface area contributed by atoms with Gasteiger partial charge in [0.2, 0.25) is 0 Å². The average molecular weight is 371 g/mol. The zero-order valence-corrected chi connectivity index (χ0v) is 15.1. The monoisotopic (exact) mass is 371 g/mol. The summed E-state index contributed by atoms with van der Waals surface area (Å²) in [7, 11) is 1.54. The molecule has 1 aliphatic heterocycles. The van der Waals surface area contributed by atoms with E-state index < -0.39 is 0 Å². The maximum Gasteiger partial charge on any atom is 0.262 e. The maximum absolute atomic E-state index is 14.3. The van der Waals surface area contributed by atoms with E-state index in [9.17, 15) is 9.18 Å². The van der Waals surface area contributed by atoms with E-state index in [-0.39, 0.29) is 24.4 Å². The Labute approximate surface area is 154 Å². The van der Waals surface area contributed by atoms with Crippen LogP contribution in [-0.4, -0.2) is 19.6 Å². The Kier molecular flexibility index (Phi) is 4.61. The van der Waals surface area contributed by atoms with Gasteiger partial charge in [0, 0.05) is 34.7 Å². The Morgan fingerprint density at radius 2 is 2.15 bits per heavy atom. The molecule has 2 heterocycles. The Balaban J connectivity index is 1.69. The number of fused-ring (bicyclic) bond motifs is 2. The van der Waals surface area contributed by atoms with Crippen LogP contribution in [0.2, 0.25) is 0 Å². The van der Waals surface area contributed by atoms with Crippen LogP contribution >= 0.6 is 11.3 Å². The number of methoxy groups -OCH3 is 1. The van der Waals surface area contributed by atoms with Gasteiger partial charge in [-0.3, -0.25) is 4.79 Å². The summed E-state index contributed by atoms with van der Waals surface area (Å²) in [5, 5.41) is 3.55. The Hall–Kier alpha value is -2.44. The van der Waals surface area contributed by atoms with E-state index in [1.54, 1.807) is 13.2 Å². The zero-order valence-electron chi connectivity index (χ0n) is 14.3. The van der Waals surface area contributed by atoms with Crippen molar-refractivity contribution < 1.29 is 18.7 Å². The Morgan fingerprint density at radius 1 is 1.31 bits per heavy atom. The lowest BCUT2D eigenvalue weighted by Gasteiger charge is -2.26. The van der Waals surface area contributed by atoms with Gasteiger partial charge in [-0.2, -0.15) is 0 Å². The number of rotatable bonds is 4. The van der Waals surface area contributed by atoms with E-state index in [0.717, 1.165) is 16.0 Å². The van der Waals surface area contributed by atoms with Crippen molar-refractivity contribution in [3.8, 4) is 5.75 Å². The van der Waals surface area contributed by atoms with E-state index in [2.05, 4.69) is 5.32 Å². The van der Waals surface area contributed by atoms with Gasteiger partial charge in [-0.05, 0) is 18.2 Å². The molecule has 1 amide bonds. The first-order chi connectivity index (χ1) is 12.7. The molecule has 1 unspecified atom stereocenters. The summed E-state index contributed by atoms with van der Waals surface area (Å²) in [4.78, 5) is 13.5. The first-order valence-corrected chi connectivity index (χ1v) is 9.22. The normalized spacial score (nSPS) is 16.2. The molecule has 0 aliphatic carbocycles. The van der Waals surface area contributed by atoms with E-state index in [1.165, 1.54) is 17.4 Å². The topological polar surface area (TPSA) is 47.6 Å². The van der Waals surface area contributed by atoms with Crippen LogP contribution in [0, 0.1) is 5.82 Å². The first-order valence-electron chi connectivity index (χ1n) is 8.40. The van der Waals surface area contributed by atoms with Gasteiger partial charge in [0.15, 0.2) is 0 Å². The van der Waals surface area contributed by atoms with Crippen molar-refractivity contribution in [1.29, 1.82) is 0 Å². The number of thiophene rings is 1. The van der Waals surface area contributed by atoms with Gasteiger partial charge in [0.25, 0.3) is 5.91 Å². The van der Waals surface area contributed by atoms with Crippen LogP contribution in [0.4, 0.5) is 4.39 Å². The van der Waals surface area contributed by atoms with Crippen LogP contribution in [0.5, 0.6) is 5.75 Å². The van der Waals surface area contributed by atoms with Crippen molar-refractivity contribution in [3.63, 3.8) is 0 Å². The maximum atomic E-state index is 14.3.